The predicted molar refractivity (Wildman–Crippen MR) is 125 cm³/mol. The minimum absolute atomic E-state index is 0.00882. The van der Waals surface area contributed by atoms with E-state index in [2.05, 4.69) is 6.92 Å². The number of unbranched alkanes of at least 4 members (excludes halogenated alkanes) is 2. The molecule has 1 aliphatic heterocycles. The van der Waals surface area contributed by atoms with Gasteiger partial charge in [0.1, 0.15) is 18.3 Å². The van der Waals surface area contributed by atoms with Gasteiger partial charge in [0.05, 0.1) is 13.2 Å². The molecule has 0 spiro atoms. The predicted octanol–water partition coefficient (Wildman–Crippen LogP) is 7.94. The highest BCUT2D eigenvalue weighted by Gasteiger charge is 2.33. The normalized spacial score (nSPS) is 25.8. The summed E-state index contributed by atoms with van der Waals surface area (Å²) < 4.78 is 53.7. The fraction of sp³-hybridized carbons (Fsp3) is 0.571. The van der Waals surface area contributed by atoms with Gasteiger partial charge in [-0.05, 0) is 61.3 Å². The van der Waals surface area contributed by atoms with E-state index in [1.54, 1.807) is 18.2 Å². The summed E-state index contributed by atoms with van der Waals surface area (Å²) >= 11 is 0. The lowest BCUT2D eigenvalue weighted by atomic mass is 9.78. The SMILES string of the molecule is CCCCCC1COC(C2CCC(c3ccc(-c4ccc(CF)c(F)c4)c(F)c3)CC2)OC1. The fourth-order valence-electron chi connectivity index (χ4n) is 5.25. The van der Waals surface area contributed by atoms with Crippen molar-refractivity contribution in [2.45, 2.75) is 77.2 Å². The topological polar surface area (TPSA) is 18.5 Å². The summed E-state index contributed by atoms with van der Waals surface area (Å²) in [7, 11) is 0. The average molecular weight is 461 g/mol. The molecule has 33 heavy (non-hydrogen) atoms. The van der Waals surface area contributed by atoms with Crippen molar-refractivity contribution < 1.29 is 22.6 Å². The Bertz CT molecular complexity index is 900. The molecule has 4 rings (SSSR count). The van der Waals surface area contributed by atoms with Gasteiger partial charge in [-0.15, -0.1) is 0 Å². The minimum atomic E-state index is -0.868. The van der Waals surface area contributed by atoms with Crippen LogP contribution >= 0.6 is 0 Å². The maximum atomic E-state index is 14.9. The van der Waals surface area contributed by atoms with Crippen molar-refractivity contribution in [3.63, 3.8) is 0 Å². The molecule has 0 bridgehead atoms. The van der Waals surface area contributed by atoms with E-state index in [9.17, 15) is 13.2 Å². The third-order valence-corrected chi connectivity index (χ3v) is 7.34. The van der Waals surface area contributed by atoms with E-state index in [0.717, 1.165) is 44.5 Å². The zero-order valence-electron chi connectivity index (χ0n) is 19.5. The number of ether oxygens (including phenoxy) is 2. The molecule has 1 aliphatic carbocycles. The summed E-state index contributed by atoms with van der Waals surface area (Å²) in [6.07, 6.45) is 8.81. The van der Waals surface area contributed by atoms with Crippen molar-refractivity contribution in [1.82, 2.24) is 0 Å². The van der Waals surface area contributed by atoms with E-state index in [-0.39, 0.29) is 17.7 Å². The first-order valence-corrected chi connectivity index (χ1v) is 12.5. The lowest BCUT2D eigenvalue weighted by Crippen LogP contribution is -2.38. The monoisotopic (exact) mass is 460 g/mol. The van der Waals surface area contributed by atoms with Gasteiger partial charge in [0.25, 0.3) is 0 Å². The van der Waals surface area contributed by atoms with E-state index in [1.807, 2.05) is 6.07 Å². The quantitative estimate of drug-likeness (QED) is 0.372. The summed E-state index contributed by atoms with van der Waals surface area (Å²) in [6.45, 7) is 2.95. The van der Waals surface area contributed by atoms with Crippen LogP contribution in [0.1, 0.15) is 75.3 Å². The van der Waals surface area contributed by atoms with Gasteiger partial charge < -0.3 is 9.47 Å². The fourth-order valence-corrected chi connectivity index (χ4v) is 5.25. The van der Waals surface area contributed by atoms with Crippen LogP contribution < -0.4 is 0 Å². The molecule has 0 radical (unpaired) electrons. The van der Waals surface area contributed by atoms with Gasteiger partial charge in [-0.2, -0.15) is 0 Å². The van der Waals surface area contributed by atoms with Crippen LogP contribution in [0.5, 0.6) is 0 Å². The number of rotatable bonds is 8. The summed E-state index contributed by atoms with van der Waals surface area (Å²) in [5.41, 5.74) is 1.74. The van der Waals surface area contributed by atoms with Crippen molar-refractivity contribution in [2.75, 3.05) is 13.2 Å². The highest BCUT2D eigenvalue weighted by Crippen LogP contribution is 2.40. The van der Waals surface area contributed by atoms with Crippen molar-refractivity contribution >= 4 is 0 Å². The van der Waals surface area contributed by atoms with Crippen LogP contribution in [0.2, 0.25) is 0 Å². The molecule has 0 atom stereocenters. The smallest absolute Gasteiger partial charge is 0.160 e. The molecule has 2 aromatic rings. The van der Waals surface area contributed by atoms with Crippen LogP contribution in [0.4, 0.5) is 13.2 Å². The second kappa shape index (κ2) is 11.5. The van der Waals surface area contributed by atoms with E-state index >= 15 is 0 Å². The zero-order valence-corrected chi connectivity index (χ0v) is 19.5. The van der Waals surface area contributed by atoms with Gasteiger partial charge in [0, 0.05) is 23.0 Å². The van der Waals surface area contributed by atoms with Gasteiger partial charge in [-0.1, -0.05) is 50.5 Å². The van der Waals surface area contributed by atoms with Gasteiger partial charge in [0.15, 0.2) is 6.29 Å². The van der Waals surface area contributed by atoms with Gasteiger partial charge in [0.2, 0.25) is 0 Å². The molecule has 180 valence electrons. The van der Waals surface area contributed by atoms with Crippen molar-refractivity contribution in [3.8, 4) is 11.1 Å². The van der Waals surface area contributed by atoms with Crippen LogP contribution in [0.15, 0.2) is 36.4 Å². The summed E-state index contributed by atoms with van der Waals surface area (Å²) in [5, 5.41) is 0. The molecule has 5 heteroatoms. The molecule has 1 saturated carbocycles. The molecule has 0 N–H and O–H groups in total. The Morgan fingerprint density at radius 1 is 0.879 bits per heavy atom. The van der Waals surface area contributed by atoms with Crippen LogP contribution in [0.25, 0.3) is 11.1 Å². The first kappa shape index (κ1) is 24.3. The Morgan fingerprint density at radius 3 is 2.27 bits per heavy atom. The lowest BCUT2D eigenvalue weighted by Gasteiger charge is -2.37. The first-order valence-electron chi connectivity index (χ1n) is 12.5. The molecule has 2 aliphatic rings. The molecular formula is C28H35F3O2. The molecule has 1 saturated heterocycles. The summed E-state index contributed by atoms with van der Waals surface area (Å²) in [4.78, 5) is 0. The van der Waals surface area contributed by atoms with E-state index in [4.69, 9.17) is 9.47 Å². The molecule has 0 aromatic heterocycles. The van der Waals surface area contributed by atoms with E-state index < -0.39 is 12.5 Å². The Balaban J connectivity index is 1.30. The highest BCUT2D eigenvalue weighted by atomic mass is 19.1. The molecule has 0 unspecified atom stereocenters. The Morgan fingerprint density at radius 2 is 1.64 bits per heavy atom. The molecule has 2 fully saturated rings. The van der Waals surface area contributed by atoms with Crippen LogP contribution in [-0.4, -0.2) is 19.5 Å². The van der Waals surface area contributed by atoms with Gasteiger partial charge in [-0.25, -0.2) is 13.2 Å². The largest absolute Gasteiger partial charge is 0.352 e. The van der Waals surface area contributed by atoms with Gasteiger partial charge >= 0.3 is 0 Å². The third-order valence-electron chi connectivity index (χ3n) is 7.34. The average Bonchev–Trinajstić information content (AvgIpc) is 2.85. The lowest BCUT2D eigenvalue weighted by molar-refractivity contribution is -0.229. The first-order chi connectivity index (χ1) is 16.1. The number of alkyl halides is 1. The second-order valence-corrected chi connectivity index (χ2v) is 9.69. The van der Waals surface area contributed by atoms with E-state index in [0.29, 0.717) is 28.9 Å². The summed E-state index contributed by atoms with van der Waals surface area (Å²) in [5.74, 6) is 0.221. The van der Waals surface area contributed by atoms with Gasteiger partial charge in [-0.3, -0.25) is 0 Å². The number of hydrogen-bond acceptors (Lipinski definition) is 2. The number of hydrogen-bond donors (Lipinski definition) is 0. The molecule has 2 aromatic carbocycles. The molecular weight excluding hydrogens is 425 g/mol. The van der Waals surface area contributed by atoms with Crippen LogP contribution in [0, 0.1) is 23.5 Å². The summed E-state index contributed by atoms with van der Waals surface area (Å²) in [6, 6.07) is 9.39. The van der Waals surface area contributed by atoms with Crippen molar-refractivity contribution in [1.29, 1.82) is 0 Å². The second-order valence-electron chi connectivity index (χ2n) is 9.69. The zero-order chi connectivity index (χ0) is 23.2. The third kappa shape index (κ3) is 5.99. The maximum Gasteiger partial charge on any atom is 0.160 e. The van der Waals surface area contributed by atoms with Crippen LogP contribution in [-0.2, 0) is 16.1 Å². The van der Waals surface area contributed by atoms with E-state index in [1.165, 1.54) is 37.8 Å². The standard InChI is InChI=1S/C28H35F3O2/c1-2-3-4-5-19-17-32-28(33-18-19)21-8-6-20(7-9-21)22-12-13-25(27(31)14-22)23-10-11-24(16-29)26(30)15-23/h10-15,19-21,28H,2-9,16-18H2,1H3. The minimum Gasteiger partial charge on any atom is -0.352 e. The van der Waals surface area contributed by atoms with Crippen molar-refractivity contribution in [2.24, 2.45) is 11.8 Å². The maximum absolute atomic E-state index is 14.9. The Kier molecular flexibility index (Phi) is 8.48. The highest BCUT2D eigenvalue weighted by molar-refractivity contribution is 5.65. The Hall–Kier alpha value is -1.85. The molecule has 2 nitrogen and oxygen atoms in total. The number of halogens is 3. The van der Waals surface area contributed by atoms with Crippen molar-refractivity contribution in [3.05, 3.63) is 59.2 Å². The number of benzene rings is 2. The Labute approximate surface area is 195 Å². The van der Waals surface area contributed by atoms with Crippen LogP contribution in [0.3, 0.4) is 0 Å². The molecule has 1 heterocycles. The molecule has 0 amide bonds.